The molecule has 182 valence electrons. The number of rotatable bonds is 9. The Bertz CT molecular complexity index is 1320. The summed E-state index contributed by atoms with van der Waals surface area (Å²) in [4.78, 5) is 15.7. The fourth-order valence-electron chi connectivity index (χ4n) is 3.58. The Labute approximate surface area is 197 Å². The van der Waals surface area contributed by atoms with E-state index < -0.39 is 32.4 Å². The second-order valence-electron chi connectivity index (χ2n) is 8.85. The number of halogens is 1. The van der Waals surface area contributed by atoms with Gasteiger partial charge in [-0.15, -0.1) is 0 Å². The Morgan fingerprint density at radius 2 is 2.00 bits per heavy atom. The Kier molecular flexibility index (Phi) is 7.08. The average molecular weight is 491 g/mol. The van der Waals surface area contributed by atoms with Crippen LogP contribution in [0.1, 0.15) is 44.7 Å². The van der Waals surface area contributed by atoms with E-state index >= 15 is 0 Å². The van der Waals surface area contributed by atoms with Crippen LogP contribution in [0.15, 0.2) is 47.8 Å². The summed E-state index contributed by atoms with van der Waals surface area (Å²) in [7, 11) is -4.30. The van der Waals surface area contributed by atoms with Crippen LogP contribution in [0.3, 0.4) is 0 Å². The first-order valence-electron chi connectivity index (χ1n) is 10.5. The van der Waals surface area contributed by atoms with Crippen LogP contribution in [-0.2, 0) is 26.8 Å². The Hall–Kier alpha value is -3.31. The largest absolute Gasteiger partial charge is 0.481 e. The van der Waals surface area contributed by atoms with Gasteiger partial charge in [-0.25, -0.2) is 22.9 Å². The van der Waals surface area contributed by atoms with Gasteiger partial charge < -0.3 is 9.84 Å². The van der Waals surface area contributed by atoms with Crippen LogP contribution in [0.4, 0.5) is 4.39 Å². The number of ether oxygens (including phenoxy) is 1. The number of carboxylic acid groups (broad SMARTS) is 1. The summed E-state index contributed by atoms with van der Waals surface area (Å²) in [5.41, 5.74) is 2.25. The van der Waals surface area contributed by atoms with Gasteiger partial charge in [0.15, 0.2) is 5.82 Å². The zero-order chi connectivity index (χ0) is 25.3. The predicted octanol–water partition coefficient (Wildman–Crippen LogP) is 3.30. The maximum absolute atomic E-state index is 14.0. The van der Waals surface area contributed by atoms with Crippen molar-refractivity contribution in [1.82, 2.24) is 14.8 Å². The molecular formula is C23H27FN4O5S. The molecule has 0 aliphatic carbocycles. The van der Waals surface area contributed by atoms with Gasteiger partial charge in [0, 0.05) is 12.3 Å². The Morgan fingerprint density at radius 1 is 1.29 bits per heavy atom. The minimum atomic E-state index is -4.30. The Balaban J connectivity index is 1.89. The molecule has 9 nitrogen and oxygen atoms in total. The molecule has 0 aliphatic heterocycles. The smallest absolute Gasteiger partial charge is 0.307 e. The van der Waals surface area contributed by atoms with Gasteiger partial charge in [0.2, 0.25) is 10.9 Å². The first kappa shape index (κ1) is 25.3. The summed E-state index contributed by atoms with van der Waals surface area (Å²) in [6, 6.07) is 9.13. The average Bonchev–Trinajstić information content (AvgIpc) is 3.15. The van der Waals surface area contributed by atoms with Crippen molar-refractivity contribution >= 4 is 16.0 Å². The molecule has 0 aliphatic rings. The van der Waals surface area contributed by atoms with Crippen LogP contribution in [-0.4, -0.2) is 40.9 Å². The lowest BCUT2D eigenvalue weighted by molar-refractivity contribution is -0.136. The minimum absolute atomic E-state index is 0.0113. The number of carbonyl (C=O) groups is 1. The normalized spacial score (nSPS) is 12.2. The highest BCUT2D eigenvalue weighted by molar-refractivity contribution is 7.89. The third-order valence-electron chi connectivity index (χ3n) is 5.31. The number of aliphatic carboxylic acids is 1. The van der Waals surface area contributed by atoms with E-state index in [0.29, 0.717) is 0 Å². The molecule has 0 unspecified atom stereocenters. The fraction of sp³-hybridized carbons (Fsp3) is 0.348. The Morgan fingerprint density at radius 3 is 2.59 bits per heavy atom. The second kappa shape index (κ2) is 9.51. The molecule has 2 aromatic heterocycles. The molecule has 34 heavy (non-hydrogen) atoms. The van der Waals surface area contributed by atoms with Crippen LogP contribution < -0.4 is 9.88 Å². The van der Waals surface area contributed by atoms with Crippen molar-refractivity contribution in [3.05, 3.63) is 59.7 Å². The number of pyridine rings is 1. The lowest BCUT2D eigenvalue weighted by Crippen LogP contribution is -2.34. The van der Waals surface area contributed by atoms with Crippen LogP contribution in [0.5, 0.6) is 5.88 Å². The summed E-state index contributed by atoms with van der Waals surface area (Å²) in [6.07, 6.45) is 2.38. The van der Waals surface area contributed by atoms with E-state index in [4.69, 9.17) is 9.88 Å². The van der Waals surface area contributed by atoms with Crippen molar-refractivity contribution < 1.29 is 27.4 Å². The zero-order valence-electron chi connectivity index (χ0n) is 19.3. The quantitative estimate of drug-likeness (QED) is 0.469. The summed E-state index contributed by atoms with van der Waals surface area (Å²) in [5.74, 6) is -1.57. The number of primary sulfonamides is 1. The van der Waals surface area contributed by atoms with Gasteiger partial charge in [-0.05, 0) is 48.1 Å². The van der Waals surface area contributed by atoms with E-state index in [1.54, 1.807) is 32.2 Å². The molecule has 0 saturated carbocycles. The number of sulfonamides is 1. The minimum Gasteiger partial charge on any atom is -0.481 e. The molecule has 11 heteroatoms. The third-order valence-corrected chi connectivity index (χ3v) is 6.13. The van der Waals surface area contributed by atoms with Crippen LogP contribution >= 0.6 is 0 Å². The topological polar surface area (TPSA) is 137 Å². The number of hydrogen-bond acceptors (Lipinski definition) is 6. The molecule has 3 rings (SSSR count). The summed E-state index contributed by atoms with van der Waals surface area (Å²) in [6.45, 7) is 7.38. The highest BCUT2D eigenvalue weighted by Gasteiger charge is 2.28. The lowest BCUT2D eigenvalue weighted by Gasteiger charge is -2.25. The molecule has 0 spiro atoms. The molecule has 0 amide bonds. The fourth-order valence-corrected chi connectivity index (χ4v) is 4.10. The van der Waals surface area contributed by atoms with Crippen molar-refractivity contribution in [2.24, 2.45) is 5.14 Å². The van der Waals surface area contributed by atoms with Gasteiger partial charge in [-0.2, -0.15) is 5.10 Å². The van der Waals surface area contributed by atoms with Gasteiger partial charge in [-0.3, -0.25) is 9.48 Å². The maximum Gasteiger partial charge on any atom is 0.307 e. The van der Waals surface area contributed by atoms with Gasteiger partial charge in [0.25, 0.3) is 10.0 Å². The number of hydrogen-bond donors (Lipinski definition) is 2. The standard InChI is InChI=1S/C23H27FN4O5S/c1-14(2)16-6-5-7-17(18(16)11-21(29)30)15-8-9-26-20(10-15)33-13-23(3,4)28-12-19(24)22(27-28)34(25,31)32/h5-10,12,14H,11,13H2,1-4H3,(H,29,30)(H2,25,31,32). The van der Waals surface area contributed by atoms with Crippen molar-refractivity contribution in [2.45, 2.75) is 50.6 Å². The number of nitrogens with two attached hydrogens (primary N) is 1. The molecule has 0 atom stereocenters. The van der Waals surface area contributed by atoms with Gasteiger partial charge in [-0.1, -0.05) is 32.0 Å². The first-order chi connectivity index (χ1) is 15.8. The summed E-state index contributed by atoms with van der Waals surface area (Å²) >= 11 is 0. The van der Waals surface area contributed by atoms with Crippen LogP contribution in [0, 0.1) is 5.82 Å². The molecule has 3 N–H and O–H groups in total. The van der Waals surface area contributed by atoms with E-state index in [-0.39, 0.29) is 24.8 Å². The van der Waals surface area contributed by atoms with Crippen molar-refractivity contribution in [1.29, 1.82) is 0 Å². The molecule has 0 fully saturated rings. The molecule has 0 saturated heterocycles. The second-order valence-corrected chi connectivity index (χ2v) is 10.3. The maximum atomic E-state index is 14.0. The number of nitrogens with zero attached hydrogens (tertiary/aromatic N) is 3. The van der Waals surface area contributed by atoms with Crippen molar-refractivity contribution in [3.8, 4) is 17.0 Å². The van der Waals surface area contributed by atoms with Gasteiger partial charge >= 0.3 is 5.97 Å². The monoisotopic (exact) mass is 490 g/mol. The van der Waals surface area contributed by atoms with Crippen LogP contribution in [0.25, 0.3) is 11.1 Å². The zero-order valence-corrected chi connectivity index (χ0v) is 20.1. The molecule has 0 bridgehead atoms. The van der Waals surface area contributed by atoms with Crippen molar-refractivity contribution in [3.63, 3.8) is 0 Å². The molecule has 2 heterocycles. The summed E-state index contributed by atoms with van der Waals surface area (Å²) < 4.78 is 44.0. The van der Waals surface area contributed by atoms with E-state index in [2.05, 4.69) is 10.1 Å². The number of aromatic nitrogens is 3. The van der Waals surface area contributed by atoms with Crippen LogP contribution in [0.2, 0.25) is 0 Å². The molecule has 3 aromatic rings. The highest BCUT2D eigenvalue weighted by atomic mass is 32.2. The number of carboxylic acids is 1. The third kappa shape index (κ3) is 5.60. The van der Waals surface area contributed by atoms with E-state index in [1.165, 1.54) is 0 Å². The first-order valence-corrected chi connectivity index (χ1v) is 12.1. The number of benzene rings is 1. The SMILES string of the molecule is CC(C)c1cccc(-c2ccnc(OCC(C)(C)n3cc(F)c(S(N)(=O)=O)n3)c2)c1CC(=O)O. The highest BCUT2D eigenvalue weighted by Crippen LogP contribution is 2.32. The van der Waals surface area contributed by atoms with E-state index in [0.717, 1.165) is 33.1 Å². The van der Waals surface area contributed by atoms with Crippen molar-refractivity contribution in [2.75, 3.05) is 6.61 Å². The predicted molar refractivity (Wildman–Crippen MR) is 123 cm³/mol. The van der Waals surface area contributed by atoms with Gasteiger partial charge in [0.05, 0.1) is 18.2 Å². The molecule has 1 aromatic carbocycles. The summed E-state index contributed by atoms with van der Waals surface area (Å²) in [5, 5.41) is 17.4. The van der Waals surface area contributed by atoms with Gasteiger partial charge in [0.1, 0.15) is 6.61 Å². The molecular weight excluding hydrogens is 463 g/mol. The molecule has 0 radical (unpaired) electrons. The lowest BCUT2D eigenvalue weighted by atomic mass is 9.89. The van der Waals surface area contributed by atoms with E-state index in [9.17, 15) is 22.7 Å². The van der Waals surface area contributed by atoms with E-state index in [1.807, 2.05) is 32.0 Å².